The molecule has 1 aliphatic heterocycles. The molecule has 0 unspecified atom stereocenters. The van der Waals surface area contributed by atoms with Crippen molar-refractivity contribution in [2.75, 3.05) is 12.4 Å². The molecular weight excluding hydrogens is 332 g/mol. The molecule has 0 aromatic heterocycles. The number of hydrogen-bond donors (Lipinski definition) is 1. The normalized spacial score (nSPS) is 13.0. The van der Waals surface area contributed by atoms with Gasteiger partial charge in [-0.1, -0.05) is 34.1 Å². The summed E-state index contributed by atoms with van der Waals surface area (Å²) in [6.45, 7) is 1.25. The number of hydrogen-bond acceptors (Lipinski definition) is 2. The Balaban J connectivity index is 1.72. The second-order valence-electron chi connectivity index (χ2n) is 4.90. The van der Waals surface area contributed by atoms with Crippen molar-refractivity contribution in [2.45, 2.75) is 13.1 Å². The number of ether oxygens (including phenoxy) is 1. The molecule has 0 fully saturated rings. The van der Waals surface area contributed by atoms with E-state index in [1.807, 2.05) is 30.3 Å². The third-order valence-corrected chi connectivity index (χ3v) is 4.28. The highest BCUT2D eigenvalue weighted by Crippen LogP contribution is 2.29. The molecule has 0 atom stereocenters. The highest BCUT2D eigenvalue weighted by Gasteiger charge is 2.24. The van der Waals surface area contributed by atoms with Crippen molar-refractivity contribution in [2.24, 2.45) is 0 Å². The number of anilines is 1. The van der Waals surface area contributed by atoms with Crippen LogP contribution in [0.1, 0.15) is 11.1 Å². The summed E-state index contributed by atoms with van der Waals surface area (Å²) in [6.07, 6.45) is 0. The van der Waals surface area contributed by atoms with E-state index < -0.39 is 0 Å². The van der Waals surface area contributed by atoms with E-state index in [0.717, 1.165) is 15.9 Å². The van der Waals surface area contributed by atoms with Crippen LogP contribution >= 0.6 is 15.9 Å². The molecule has 2 aromatic rings. The van der Waals surface area contributed by atoms with Crippen LogP contribution in [0.25, 0.3) is 0 Å². The van der Waals surface area contributed by atoms with Crippen molar-refractivity contribution in [3.63, 3.8) is 0 Å². The molecule has 108 valence electrons. The van der Waals surface area contributed by atoms with Gasteiger partial charge < -0.3 is 15.0 Å². The number of halogens is 1. The molecule has 1 aliphatic rings. The molecule has 21 heavy (non-hydrogen) atoms. The van der Waals surface area contributed by atoms with Crippen molar-refractivity contribution in [1.82, 2.24) is 4.90 Å². The lowest BCUT2D eigenvalue weighted by Gasteiger charge is -2.16. The zero-order valence-electron chi connectivity index (χ0n) is 11.6. The third kappa shape index (κ3) is 2.88. The number of benzene rings is 2. The standard InChI is InChI=1S/C16H15BrN2O2/c1-21-13-6-3-5-12(8-13)18-16(20)19-9-11-4-2-7-15(17)14(11)10-19/h2-8H,9-10H2,1H3,(H,18,20). The van der Waals surface area contributed by atoms with Gasteiger partial charge in [-0.2, -0.15) is 0 Å². The van der Waals surface area contributed by atoms with Gasteiger partial charge in [-0.3, -0.25) is 0 Å². The van der Waals surface area contributed by atoms with Crippen LogP contribution in [0.2, 0.25) is 0 Å². The molecule has 0 aliphatic carbocycles. The predicted octanol–water partition coefficient (Wildman–Crippen LogP) is 4.01. The largest absolute Gasteiger partial charge is 0.497 e. The molecule has 1 heterocycles. The minimum atomic E-state index is -0.105. The van der Waals surface area contributed by atoms with E-state index in [4.69, 9.17) is 4.74 Å². The first-order chi connectivity index (χ1) is 10.2. The highest BCUT2D eigenvalue weighted by molar-refractivity contribution is 9.10. The number of rotatable bonds is 2. The first kappa shape index (κ1) is 13.9. The molecule has 2 aromatic carbocycles. The molecule has 0 radical (unpaired) electrons. The summed E-state index contributed by atoms with van der Waals surface area (Å²) in [4.78, 5) is 14.1. The molecule has 3 rings (SSSR count). The van der Waals surface area contributed by atoms with Gasteiger partial charge >= 0.3 is 6.03 Å². The Morgan fingerprint density at radius 1 is 1.24 bits per heavy atom. The van der Waals surface area contributed by atoms with E-state index in [0.29, 0.717) is 13.1 Å². The topological polar surface area (TPSA) is 41.6 Å². The second kappa shape index (κ2) is 5.77. The first-order valence-corrected chi connectivity index (χ1v) is 7.43. The zero-order valence-corrected chi connectivity index (χ0v) is 13.2. The number of nitrogens with zero attached hydrogens (tertiary/aromatic N) is 1. The van der Waals surface area contributed by atoms with Crippen LogP contribution in [-0.4, -0.2) is 18.0 Å². The molecule has 0 spiro atoms. The van der Waals surface area contributed by atoms with Gasteiger partial charge in [-0.15, -0.1) is 0 Å². The number of fused-ring (bicyclic) bond motifs is 1. The number of amides is 2. The van der Waals surface area contributed by atoms with Crippen molar-refractivity contribution in [3.05, 3.63) is 58.1 Å². The summed E-state index contributed by atoms with van der Waals surface area (Å²) >= 11 is 3.53. The predicted molar refractivity (Wildman–Crippen MR) is 85.4 cm³/mol. The van der Waals surface area contributed by atoms with Gasteiger partial charge in [0.25, 0.3) is 0 Å². The Morgan fingerprint density at radius 2 is 2.05 bits per heavy atom. The Hall–Kier alpha value is -2.01. The Labute approximate surface area is 131 Å². The van der Waals surface area contributed by atoms with E-state index >= 15 is 0 Å². The summed E-state index contributed by atoms with van der Waals surface area (Å²) in [6, 6.07) is 13.3. The molecule has 1 N–H and O–H groups in total. The molecule has 0 bridgehead atoms. The molecule has 0 saturated heterocycles. The van der Waals surface area contributed by atoms with Crippen LogP contribution < -0.4 is 10.1 Å². The fraction of sp³-hybridized carbons (Fsp3) is 0.188. The van der Waals surface area contributed by atoms with Crippen molar-refractivity contribution >= 4 is 27.6 Å². The van der Waals surface area contributed by atoms with E-state index in [1.165, 1.54) is 11.1 Å². The SMILES string of the molecule is COc1cccc(NC(=O)N2Cc3cccc(Br)c3C2)c1. The van der Waals surface area contributed by atoms with Crippen molar-refractivity contribution in [1.29, 1.82) is 0 Å². The number of carbonyl (C=O) groups excluding carboxylic acids is 1. The number of carbonyl (C=O) groups is 1. The average Bonchev–Trinajstić information content (AvgIpc) is 2.93. The fourth-order valence-electron chi connectivity index (χ4n) is 2.43. The molecule has 4 nitrogen and oxygen atoms in total. The lowest BCUT2D eigenvalue weighted by molar-refractivity contribution is 0.212. The number of nitrogens with one attached hydrogen (secondary N) is 1. The fourth-order valence-corrected chi connectivity index (χ4v) is 2.96. The van der Waals surface area contributed by atoms with Crippen LogP contribution in [0, 0.1) is 0 Å². The minimum absolute atomic E-state index is 0.105. The van der Waals surface area contributed by atoms with E-state index in [2.05, 4.69) is 27.3 Å². The van der Waals surface area contributed by atoms with Crippen molar-refractivity contribution < 1.29 is 9.53 Å². The summed E-state index contributed by atoms with van der Waals surface area (Å²) in [5.41, 5.74) is 3.10. The van der Waals surface area contributed by atoms with Crippen LogP contribution in [0.3, 0.4) is 0 Å². The maximum Gasteiger partial charge on any atom is 0.322 e. The van der Waals surface area contributed by atoms with Crippen LogP contribution in [0.15, 0.2) is 46.9 Å². The van der Waals surface area contributed by atoms with Crippen LogP contribution in [0.5, 0.6) is 5.75 Å². The minimum Gasteiger partial charge on any atom is -0.497 e. The molecule has 0 saturated carbocycles. The summed E-state index contributed by atoms with van der Waals surface area (Å²) < 4.78 is 6.21. The van der Waals surface area contributed by atoms with Gasteiger partial charge in [0.05, 0.1) is 7.11 Å². The van der Waals surface area contributed by atoms with Gasteiger partial charge in [0.2, 0.25) is 0 Å². The van der Waals surface area contributed by atoms with Crippen molar-refractivity contribution in [3.8, 4) is 5.75 Å². The molecule has 2 amide bonds. The molecular formula is C16H15BrN2O2. The van der Waals surface area contributed by atoms with E-state index in [9.17, 15) is 4.79 Å². The highest BCUT2D eigenvalue weighted by atomic mass is 79.9. The van der Waals surface area contributed by atoms with Crippen LogP contribution in [0.4, 0.5) is 10.5 Å². The Kier molecular flexibility index (Phi) is 3.84. The first-order valence-electron chi connectivity index (χ1n) is 6.63. The van der Waals surface area contributed by atoms with Crippen LogP contribution in [-0.2, 0) is 13.1 Å². The maximum atomic E-state index is 12.4. The lowest BCUT2D eigenvalue weighted by atomic mass is 10.1. The summed E-state index contributed by atoms with van der Waals surface area (Å²) in [5.74, 6) is 0.722. The summed E-state index contributed by atoms with van der Waals surface area (Å²) in [7, 11) is 1.61. The number of urea groups is 1. The van der Waals surface area contributed by atoms with Gasteiger partial charge in [0.15, 0.2) is 0 Å². The second-order valence-corrected chi connectivity index (χ2v) is 5.75. The smallest absolute Gasteiger partial charge is 0.322 e. The van der Waals surface area contributed by atoms with Gasteiger partial charge in [0, 0.05) is 29.3 Å². The van der Waals surface area contributed by atoms with E-state index in [-0.39, 0.29) is 6.03 Å². The Bertz CT molecular complexity index is 688. The molecule has 5 heteroatoms. The van der Waals surface area contributed by atoms with E-state index in [1.54, 1.807) is 18.1 Å². The third-order valence-electron chi connectivity index (χ3n) is 3.53. The average molecular weight is 347 g/mol. The quantitative estimate of drug-likeness (QED) is 0.892. The number of methoxy groups -OCH3 is 1. The van der Waals surface area contributed by atoms with Gasteiger partial charge in [-0.05, 0) is 29.3 Å². The van der Waals surface area contributed by atoms with Gasteiger partial charge in [-0.25, -0.2) is 4.79 Å². The summed E-state index contributed by atoms with van der Waals surface area (Å²) in [5, 5.41) is 2.90. The van der Waals surface area contributed by atoms with Gasteiger partial charge in [0.1, 0.15) is 5.75 Å². The Morgan fingerprint density at radius 3 is 2.81 bits per heavy atom. The monoisotopic (exact) mass is 346 g/mol. The maximum absolute atomic E-state index is 12.4. The lowest BCUT2D eigenvalue weighted by Crippen LogP contribution is -2.30. The zero-order chi connectivity index (χ0) is 14.8.